The third-order valence-corrected chi connectivity index (χ3v) is 5.87. The number of anilines is 1. The third-order valence-electron chi connectivity index (χ3n) is 5.87. The summed E-state index contributed by atoms with van der Waals surface area (Å²) in [6, 6.07) is 7.71. The lowest BCUT2D eigenvalue weighted by Crippen LogP contribution is -2.38. The SMILES string of the molecule is CC(C)N1CCC(Cc2ccc(C(=O)Nc3c(C(N)=O)oc4ccc(F)cc34)o2)CC1. The van der Waals surface area contributed by atoms with Gasteiger partial charge in [0.2, 0.25) is 5.76 Å². The molecule has 0 atom stereocenters. The summed E-state index contributed by atoms with van der Waals surface area (Å²) < 4.78 is 24.8. The number of carbonyl (C=O) groups excluding carboxylic acids is 2. The van der Waals surface area contributed by atoms with Gasteiger partial charge in [-0.1, -0.05) is 0 Å². The van der Waals surface area contributed by atoms with Gasteiger partial charge in [-0.25, -0.2) is 4.39 Å². The van der Waals surface area contributed by atoms with Crippen molar-refractivity contribution >= 4 is 28.5 Å². The Morgan fingerprint density at radius 2 is 1.94 bits per heavy atom. The van der Waals surface area contributed by atoms with Gasteiger partial charge in [0.25, 0.3) is 11.8 Å². The number of furan rings is 2. The van der Waals surface area contributed by atoms with Crippen LogP contribution in [0.5, 0.6) is 0 Å². The molecule has 0 aliphatic carbocycles. The number of carbonyl (C=O) groups is 2. The summed E-state index contributed by atoms with van der Waals surface area (Å²) >= 11 is 0. The van der Waals surface area contributed by atoms with E-state index in [9.17, 15) is 14.0 Å². The number of amides is 2. The molecule has 1 aliphatic rings. The molecule has 0 bridgehead atoms. The van der Waals surface area contributed by atoms with E-state index in [4.69, 9.17) is 14.6 Å². The van der Waals surface area contributed by atoms with Crippen LogP contribution in [0.2, 0.25) is 0 Å². The van der Waals surface area contributed by atoms with Crippen molar-refractivity contribution in [2.45, 2.75) is 39.2 Å². The Balaban J connectivity index is 1.47. The van der Waals surface area contributed by atoms with Crippen LogP contribution in [-0.2, 0) is 6.42 Å². The normalized spacial score (nSPS) is 15.6. The Hall–Kier alpha value is -3.13. The average Bonchev–Trinajstić information content (AvgIpc) is 3.33. The molecule has 8 heteroatoms. The van der Waals surface area contributed by atoms with Crippen molar-refractivity contribution in [2.75, 3.05) is 18.4 Å². The third kappa shape index (κ3) is 4.49. The molecule has 3 aromatic rings. The van der Waals surface area contributed by atoms with Gasteiger partial charge in [0.05, 0.1) is 0 Å². The number of rotatable bonds is 6. The van der Waals surface area contributed by atoms with Crippen molar-refractivity contribution in [3.63, 3.8) is 0 Å². The van der Waals surface area contributed by atoms with Gasteiger partial charge in [0.1, 0.15) is 22.8 Å². The van der Waals surface area contributed by atoms with Crippen LogP contribution >= 0.6 is 0 Å². The Bertz CT molecular complexity index is 1110. The van der Waals surface area contributed by atoms with Crippen molar-refractivity contribution in [1.29, 1.82) is 0 Å². The number of nitrogens with two attached hydrogens (primary N) is 1. The molecule has 2 amide bonds. The van der Waals surface area contributed by atoms with E-state index in [0.717, 1.165) is 38.1 Å². The van der Waals surface area contributed by atoms with E-state index in [-0.39, 0.29) is 28.2 Å². The maximum Gasteiger partial charge on any atom is 0.291 e. The van der Waals surface area contributed by atoms with E-state index in [1.807, 2.05) is 0 Å². The molecular weight excluding hydrogens is 401 g/mol. The molecule has 1 saturated heterocycles. The predicted octanol–water partition coefficient (Wildman–Crippen LogP) is 4.18. The number of hydrogen-bond acceptors (Lipinski definition) is 5. The van der Waals surface area contributed by atoms with Crippen molar-refractivity contribution in [1.82, 2.24) is 4.90 Å². The lowest BCUT2D eigenvalue weighted by Gasteiger charge is -2.34. The number of benzene rings is 1. The number of fused-ring (bicyclic) bond motifs is 1. The molecule has 0 saturated carbocycles. The highest BCUT2D eigenvalue weighted by Gasteiger charge is 2.24. The minimum Gasteiger partial charge on any atom is -0.456 e. The molecule has 3 heterocycles. The van der Waals surface area contributed by atoms with Gasteiger partial charge in [-0.05, 0) is 76.0 Å². The quantitative estimate of drug-likeness (QED) is 0.615. The first-order chi connectivity index (χ1) is 14.8. The lowest BCUT2D eigenvalue weighted by molar-refractivity contribution is 0.0977. The number of hydrogen-bond donors (Lipinski definition) is 2. The molecule has 0 spiro atoms. The highest BCUT2D eigenvalue weighted by Crippen LogP contribution is 2.32. The number of halogens is 1. The number of piperidine rings is 1. The van der Waals surface area contributed by atoms with Gasteiger partial charge < -0.3 is 24.8 Å². The lowest BCUT2D eigenvalue weighted by atomic mass is 9.92. The molecule has 3 N–H and O–H groups in total. The van der Waals surface area contributed by atoms with Gasteiger partial charge in [-0.3, -0.25) is 9.59 Å². The van der Waals surface area contributed by atoms with Crippen LogP contribution in [0.3, 0.4) is 0 Å². The molecule has 7 nitrogen and oxygen atoms in total. The van der Waals surface area contributed by atoms with Crippen LogP contribution in [0.4, 0.5) is 10.1 Å². The Morgan fingerprint density at radius 3 is 2.61 bits per heavy atom. The summed E-state index contributed by atoms with van der Waals surface area (Å²) in [7, 11) is 0. The van der Waals surface area contributed by atoms with Gasteiger partial charge in [-0.2, -0.15) is 0 Å². The van der Waals surface area contributed by atoms with Crippen molar-refractivity contribution in [3.8, 4) is 0 Å². The van der Waals surface area contributed by atoms with E-state index in [2.05, 4.69) is 24.1 Å². The van der Waals surface area contributed by atoms with E-state index in [1.165, 1.54) is 18.2 Å². The van der Waals surface area contributed by atoms with Crippen LogP contribution < -0.4 is 11.1 Å². The molecule has 4 rings (SSSR count). The summed E-state index contributed by atoms with van der Waals surface area (Å²) in [4.78, 5) is 26.9. The second-order valence-electron chi connectivity index (χ2n) is 8.31. The molecule has 2 aromatic heterocycles. The fourth-order valence-electron chi connectivity index (χ4n) is 4.11. The summed E-state index contributed by atoms with van der Waals surface area (Å²) in [5.74, 6) is -0.821. The van der Waals surface area contributed by atoms with Crippen LogP contribution in [0.25, 0.3) is 11.0 Å². The van der Waals surface area contributed by atoms with Crippen LogP contribution in [0, 0.1) is 11.7 Å². The molecule has 1 aromatic carbocycles. The first kappa shape index (κ1) is 21.1. The van der Waals surface area contributed by atoms with E-state index < -0.39 is 17.6 Å². The zero-order valence-electron chi connectivity index (χ0n) is 17.6. The molecule has 164 valence electrons. The fraction of sp³-hybridized carbons (Fsp3) is 0.391. The predicted molar refractivity (Wildman–Crippen MR) is 114 cm³/mol. The second-order valence-corrected chi connectivity index (χ2v) is 8.31. The van der Waals surface area contributed by atoms with E-state index >= 15 is 0 Å². The van der Waals surface area contributed by atoms with Crippen LogP contribution in [0.1, 0.15) is 53.6 Å². The molecule has 0 unspecified atom stereocenters. The van der Waals surface area contributed by atoms with Crippen molar-refractivity contribution in [3.05, 3.63) is 53.4 Å². The highest BCUT2D eigenvalue weighted by atomic mass is 19.1. The monoisotopic (exact) mass is 427 g/mol. The fourth-order valence-corrected chi connectivity index (χ4v) is 4.11. The number of nitrogens with zero attached hydrogens (tertiary/aromatic N) is 1. The van der Waals surface area contributed by atoms with E-state index in [0.29, 0.717) is 12.0 Å². The van der Waals surface area contributed by atoms with Crippen molar-refractivity contribution in [2.24, 2.45) is 11.7 Å². The summed E-state index contributed by atoms with van der Waals surface area (Å²) in [6.45, 7) is 6.55. The van der Waals surface area contributed by atoms with Crippen molar-refractivity contribution < 1.29 is 22.8 Å². The minimum absolute atomic E-state index is 0.0333. The standard InChI is InChI=1S/C23H26FN3O4/c1-13(2)27-9-7-14(8-10-27)11-16-4-6-19(30-16)23(29)26-20-17-12-15(24)3-5-18(17)31-21(20)22(25)28/h3-6,12-14H,7-11H2,1-2H3,(H2,25,28)(H,26,29). The number of nitrogens with one attached hydrogen (secondary N) is 1. The zero-order valence-corrected chi connectivity index (χ0v) is 17.6. The average molecular weight is 427 g/mol. The summed E-state index contributed by atoms with van der Waals surface area (Å²) in [5.41, 5.74) is 5.64. The van der Waals surface area contributed by atoms with E-state index in [1.54, 1.807) is 12.1 Å². The first-order valence-electron chi connectivity index (χ1n) is 10.5. The Morgan fingerprint density at radius 1 is 1.19 bits per heavy atom. The van der Waals surface area contributed by atoms with Gasteiger partial charge in [0.15, 0.2) is 5.76 Å². The Kier molecular flexibility index (Phi) is 5.82. The molecular formula is C23H26FN3O4. The first-order valence-corrected chi connectivity index (χ1v) is 10.5. The Labute approximate surface area is 179 Å². The van der Waals surface area contributed by atoms with Crippen LogP contribution in [-0.4, -0.2) is 35.8 Å². The number of likely N-dealkylation sites (tertiary alicyclic amines) is 1. The maximum absolute atomic E-state index is 13.7. The maximum atomic E-state index is 13.7. The topological polar surface area (TPSA) is 102 Å². The summed E-state index contributed by atoms with van der Waals surface area (Å²) in [6.07, 6.45) is 2.95. The summed E-state index contributed by atoms with van der Waals surface area (Å²) in [5, 5.41) is 2.85. The second kappa shape index (κ2) is 8.55. The molecule has 1 fully saturated rings. The molecule has 0 radical (unpaired) electrons. The molecule has 31 heavy (non-hydrogen) atoms. The largest absolute Gasteiger partial charge is 0.456 e. The number of primary amides is 1. The van der Waals surface area contributed by atoms with Crippen LogP contribution in [0.15, 0.2) is 39.2 Å². The molecule has 1 aliphatic heterocycles. The minimum atomic E-state index is -0.861. The van der Waals surface area contributed by atoms with Gasteiger partial charge >= 0.3 is 0 Å². The smallest absolute Gasteiger partial charge is 0.291 e. The van der Waals surface area contributed by atoms with Gasteiger partial charge in [0, 0.05) is 17.8 Å². The van der Waals surface area contributed by atoms with Gasteiger partial charge in [-0.15, -0.1) is 0 Å². The highest BCUT2D eigenvalue weighted by molar-refractivity contribution is 6.13. The zero-order chi connectivity index (χ0) is 22.1.